The molecule has 1 saturated carbocycles. The lowest BCUT2D eigenvalue weighted by Crippen LogP contribution is -2.00. The van der Waals surface area contributed by atoms with Gasteiger partial charge in [-0.25, -0.2) is 4.39 Å². The highest BCUT2D eigenvalue weighted by atomic mass is 79.9. The van der Waals surface area contributed by atoms with Crippen LogP contribution in [0.15, 0.2) is 16.6 Å². The van der Waals surface area contributed by atoms with Crippen LogP contribution in [0.3, 0.4) is 0 Å². The minimum absolute atomic E-state index is 0.263. The Balaban J connectivity index is 2.13. The van der Waals surface area contributed by atoms with Crippen molar-refractivity contribution in [2.45, 2.75) is 19.9 Å². The van der Waals surface area contributed by atoms with Crippen LogP contribution in [0.1, 0.15) is 13.3 Å². The maximum Gasteiger partial charge on any atom is 0.178 e. The zero-order chi connectivity index (χ0) is 12.2. The maximum atomic E-state index is 13.4. The number of aromatic amines is 1. The Kier molecular flexibility index (Phi) is 2.63. The van der Waals surface area contributed by atoms with E-state index in [9.17, 15) is 4.39 Å². The molecule has 1 aliphatic rings. The minimum atomic E-state index is -0.263. The highest BCUT2D eigenvalue weighted by Crippen LogP contribution is 2.39. The van der Waals surface area contributed by atoms with E-state index in [0.717, 1.165) is 23.5 Å². The Morgan fingerprint density at radius 1 is 1.59 bits per heavy atom. The van der Waals surface area contributed by atoms with Gasteiger partial charge in [0, 0.05) is 12.6 Å². The Morgan fingerprint density at radius 3 is 2.94 bits per heavy atom. The van der Waals surface area contributed by atoms with Crippen LogP contribution in [0.4, 0.5) is 4.39 Å². The van der Waals surface area contributed by atoms with Crippen LogP contribution < -0.4 is 0 Å². The van der Waals surface area contributed by atoms with E-state index in [1.807, 2.05) is 0 Å². The summed E-state index contributed by atoms with van der Waals surface area (Å²) >= 11 is 8.51. The van der Waals surface area contributed by atoms with Gasteiger partial charge < -0.3 is 9.55 Å². The van der Waals surface area contributed by atoms with Gasteiger partial charge in [0.2, 0.25) is 0 Å². The van der Waals surface area contributed by atoms with Gasteiger partial charge >= 0.3 is 0 Å². The third kappa shape index (κ3) is 1.95. The van der Waals surface area contributed by atoms with E-state index >= 15 is 0 Å². The molecule has 1 aromatic heterocycles. The largest absolute Gasteiger partial charge is 0.330 e. The molecule has 3 rings (SSSR count). The smallest absolute Gasteiger partial charge is 0.178 e. The third-order valence-corrected chi connectivity index (χ3v) is 4.44. The molecule has 1 aromatic carbocycles. The minimum Gasteiger partial charge on any atom is -0.330 e. The second-order valence-corrected chi connectivity index (χ2v) is 6.04. The summed E-state index contributed by atoms with van der Waals surface area (Å²) in [6, 6.07) is 3.28. The van der Waals surface area contributed by atoms with Crippen LogP contribution in [0.25, 0.3) is 11.0 Å². The molecule has 2 aromatic rings. The summed E-state index contributed by atoms with van der Waals surface area (Å²) in [5.74, 6) is 1.23. The van der Waals surface area contributed by atoms with Gasteiger partial charge in [-0.15, -0.1) is 0 Å². The molecular weight excluding hydrogens is 303 g/mol. The first-order chi connectivity index (χ1) is 8.06. The summed E-state index contributed by atoms with van der Waals surface area (Å²) in [4.78, 5) is 3.06. The molecule has 0 aliphatic heterocycles. The predicted molar refractivity (Wildman–Crippen MR) is 72.1 cm³/mol. The number of nitrogens with zero attached hydrogens (tertiary/aromatic N) is 1. The van der Waals surface area contributed by atoms with Crippen molar-refractivity contribution in [3.8, 4) is 0 Å². The van der Waals surface area contributed by atoms with Crippen LogP contribution >= 0.6 is 28.1 Å². The molecule has 2 unspecified atom stereocenters. The second kappa shape index (κ2) is 3.92. The molecule has 90 valence electrons. The van der Waals surface area contributed by atoms with Crippen molar-refractivity contribution in [2.75, 3.05) is 0 Å². The van der Waals surface area contributed by atoms with Crippen LogP contribution in [0.2, 0.25) is 0 Å². The van der Waals surface area contributed by atoms with Crippen LogP contribution in [0.5, 0.6) is 0 Å². The van der Waals surface area contributed by atoms with E-state index in [4.69, 9.17) is 12.2 Å². The van der Waals surface area contributed by atoms with Gasteiger partial charge in [0.05, 0.1) is 15.5 Å². The normalized spacial score (nSPS) is 23.2. The van der Waals surface area contributed by atoms with Crippen LogP contribution in [-0.4, -0.2) is 9.55 Å². The fraction of sp³-hybridized carbons (Fsp3) is 0.417. The zero-order valence-corrected chi connectivity index (χ0v) is 11.7. The molecule has 5 heteroatoms. The van der Waals surface area contributed by atoms with E-state index in [-0.39, 0.29) is 5.82 Å². The summed E-state index contributed by atoms with van der Waals surface area (Å²) in [6.07, 6.45) is 1.26. The molecule has 0 bridgehead atoms. The summed E-state index contributed by atoms with van der Waals surface area (Å²) in [7, 11) is 0. The van der Waals surface area contributed by atoms with E-state index in [1.165, 1.54) is 12.5 Å². The quantitative estimate of drug-likeness (QED) is 0.821. The summed E-state index contributed by atoms with van der Waals surface area (Å²) in [5.41, 5.74) is 1.74. The average Bonchev–Trinajstić information content (AvgIpc) is 2.88. The summed E-state index contributed by atoms with van der Waals surface area (Å²) in [6.45, 7) is 3.18. The van der Waals surface area contributed by atoms with E-state index in [2.05, 4.69) is 32.4 Å². The van der Waals surface area contributed by atoms with E-state index in [1.54, 1.807) is 6.07 Å². The molecule has 1 heterocycles. The molecule has 1 aliphatic carbocycles. The van der Waals surface area contributed by atoms with E-state index in [0.29, 0.717) is 15.2 Å². The molecule has 2 nitrogen and oxygen atoms in total. The van der Waals surface area contributed by atoms with Crippen molar-refractivity contribution in [3.63, 3.8) is 0 Å². The lowest BCUT2D eigenvalue weighted by atomic mass is 10.3. The first kappa shape index (κ1) is 11.4. The third-order valence-electron chi connectivity index (χ3n) is 3.51. The van der Waals surface area contributed by atoms with Crippen molar-refractivity contribution in [1.82, 2.24) is 9.55 Å². The number of imidazole rings is 1. The molecule has 0 radical (unpaired) electrons. The van der Waals surface area contributed by atoms with Crippen molar-refractivity contribution in [1.29, 1.82) is 0 Å². The van der Waals surface area contributed by atoms with Gasteiger partial charge in [-0.1, -0.05) is 6.92 Å². The Labute approximate surface area is 112 Å². The first-order valence-corrected chi connectivity index (χ1v) is 6.84. The van der Waals surface area contributed by atoms with Gasteiger partial charge in [0.15, 0.2) is 4.77 Å². The van der Waals surface area contributed by atoms with Gasteiger partial charge in [-0.2, -0.15) is 0 Å². The van der Waals surface area contributed by atoms with Crippen molar-refractivity contribution in [2.24, 2.45) is 11.8 Å². The van der Waals surface area contributed by atoms with Crippen molar-refractivity contribution in [3.05, 3.63) is 27.2 Å². The number of nitrogens with one attached hydrogen (secondary N) is 1. The van der Waals surface area contributed by atoms with Gasteiger partial charge in [0.25, 0.3) is 0 Å². The topological polar surface area (TPSA) is 20.7 Å². The van der Waals surface area contributed by atoms with Gasteiger partial charge in [-0.05, 0) is 52.5 Å². The molecule has 1 N–H and O–H groups in total. The SMILES string of the molecule is CC1CC1Cn1c(=S)[nH]c2cc(F)c(Br)cc21. The van der Waals surface area contributed by atoms with Crippen LogP contribution in [-0.2, 0) is 6.54 Å². The number of H-pyrrole nitrogens is 1. The Bertz CT molecular complexity index is 646. The highest BCUT2D eigenvalue weighted by molar-refractivity contribution is 9.10. The summed E-state index contributed by atoms with van der Waals surface area (Å²) < 4.78 is 16.6. The number of rotatable bonds is 2. The number of benzene rings is 1. The standard InChI is InChI=1S/C12H12BrFN2S/c1-6-2-7(6)5-16-11-3-8(13)9(14)4-10(11)15-12(16)17/h3-4,6-7H,2,5H2,1H3,(H,15,17). The number of aromatic nitrogens is 2. The predicted octanol–water partition coefficient (Wildman–Crippen LogP) is 4.26. The first-order valence-electron chi connectivity index (χ1n) is 5.64. The maximum absolute atomic E-state index is 13.4. The second-order valence-electron chi connectivity index (χ2n) is 4.80. The van der Waals surface area contributed by atoms with Gasteiger partial charge in [0.1, 0.15) is 5.82 Å². The molecule has 0 saturated heterocycles. The number of fused-ring (bicyclic) bond motifs is 1. The lowest BCUT2D eigenvalue weighted by molar-refractivity contribution is 0.599. The number of hydrogen-bond donors (Lipinski definition) is 1. The number of hydrogen-bond acceptors (Lipinski definition) is 1. The van der Waals surface area contributed by atoms with Crippen molar-refractivity contribution < 1.29 is 4.39 Å². The zero-order valence-electron chi connectivity index (χ0n) is 9.34. The summed E-state index contributed by atoms with van der Waals surface area (Å²) in [5, 5.41) is 0. The van der Waals surface area contributed by atoms with Gasteiger partial charge in [-0.3, -0.25) is 0 Å². The van der Waals surface area contributed by atoms with Crippen molar-refractivity contribution >= 4 is 39.2 Å². The Morgan fingerprint density at radius 2 is 2.29 bits per heavy atom. The van der Waals surface area contributed by atoms with E-state index < -0.39 is 0 Å². The molecule has 0 amide bonds. The van der Waals surface area contributed by atoms with Crippen LogP contribution in [0, 0.1) is 22.4 Å². The lowest BCUT2D eigenvalue weighted by Gasteiger charge is -2.03. The molecule has 1 fully saturated rings. The molecule has 2 atom stereocenters. The molecular formula is C12H12BrFN2S. The molecule has 17 heavy (non-hydrogen) atoms. The average molecular weight is 315 g/mol. The molecule has 0 spiro atoms. The fourth-order valence-electron chi connectivity index (χ4n) is 2.22. The monoisotopic (exact) mass is 314 g/mol. The highest BCUT2D eigenvalue weighted by Gasteiger charge is 2.33. The number of halogens is 2. The fourth-order valence-corrected chi connectivity index (χ4v) is 2.84. The Hall–Kier alpha value is -0.680.